The standard InChI is InChI=1S/C52H38N4/c1-31-32(2)43-24-28-47(55-50(43)49-41(31)22-26-45(53-49)36-12-7-5-8-13-36)38-20-18-35(19-21-38)39-16-11-17-40(30-39)48-29-25-44-34(4)33(3)42-23-27-46(37-14-9-6-10-15-37)54-51(42)52(44)56-48/h5-30H,1-4H3. The molecule has 0 saturated heterocycles. The van der Waals surface area contributed by atoms with Crippen LogP contribution in [-0.2, 0) is 0 Å². The Morgan fingerprint density at radius 2 is 0.554 bits per heavy atom. The van der Waals surface area contributed by atoms with Crippen molar-refractivity contribution in [1.82, 2.24) is 19.9 Å². The average Bonchev–Trinajstić information content (AvgIpc) is 3.27. The summed E-state index contributed by atoms with van der Waals surface area (Å²) in [7, 11) is 0. The van der Waals surface area contributed by atoms with Crippen LogP contribution in [0.1, 0.15) is 22.3 Å². The highest BCUT2D eigenvalue weighted by molar-refractivity contribution is 6.09. The van der Waals surface area contributed by atoms with E-state index in [1.165, 1.54) is 22.3 Å². The molecule has 0 saturated carbocycles. The summed E-state index contributed by atoms with van der Waals surface area (Å²) in [5.74, 6) is 0. The molecule has 4 heteroatoms. The Balaban J connectivity index is 1.01. The van der Waals surface area contributed by atoms with Gasteiger partial charge in [0.2, 0.25) is 0 Å². The molecule has 0 radical (unpaired) electrons. The van der Waals surface area contributed by atoms with Crippen LogP contribution >= 0.6 is 0 Å². The molecule has 4 nitrogen and oxygen atoms in total. The predicted octanol–water partition coefficient (Wildman–Crippen LogP) is 13.4. The van der Waals surface area contributed by atoms with Crippen molar-refractivity contribution >= 4 is 43.6 Å². The van der Waals surface area contributed by atoms with Crippen molar-refractivity contribution in [2.45, 2.75) is 27.7 Å². The quantitative estimate of drug-likeness (QED) is 0.166. The van der Waals surface area contributed by atoms with Crippen LogP contribution in [0.2, 0.25) is 0 Å². The van der Waals surface area contributed by atoms with Gasteiger partial charge in [0.1, 0.15) is 0 Å². The Morgan fingerprint density at radius 1 is 0.250 bits per heavy atom. The summed E-state index contributed by atoms with van der Waals surface area (Å²) in [5.41, 5.74) is 19.0. The second-order valence-corrected chi connectivity index (χ2v) is 14.8. The summed E-state index contributed by atoms with van der Waals surface area (Å²) in [5, 5.41) is 4.55. The van der Waals surface area contributed by atoms with Gasteiger partial charge in [-0.1, -0.05) is 127 Å². The van der Waals surface area contributed by atoms with Crippen molar-refractivity contribution in [3.8, 4) is 56.2 Å². The molecule has 10 rings (SSSR count). The van der Waals surface area contributed by atoms with E-state index in [9.17, 15) is 0 Å². The maximum Gasteiger partial charge on any atom is 0.0975 e. The number of pyridine rings is 4. The molecule has 0 amide bonds. The molecular formula is C52H38N4. The highest BCUT2D eigenvalue weighted by Gasteiger charge is 2.16. The van der Waals surface area contributed by atoms with Gasteiger partial charge in [-0.25, -0.2) is 19.9 Å². The lowest BCUT2D eigenvalue weighted by molar-refractivity contribution is 1.33. The average molecular weight is 719 g/mol. The van der Waals surface area contributed by atoms with E-state index in [1.54, 1.807) is 0 Å². The van der Waals surface area contributed by atoms with Gasteiger partial charge in [-0.2, -0.15) is 0 Å². The monoisotopic (exact) mass is 718 g/mol. The molecule has 0 unspecified atom stereocenters. The first-order chi connectivity index (χ1) is 27.4. The molecule has 10 aromatic rings. The number of nitrogens with zero attached hydrogens (tertiary/aromatic N) is 4. The van der Waals surface area contributed by atoms with Crippen molar-refractivity contribution in [2.75, 3.05) is 0 Å². The van der Waals surface area contributed by atoms with Crippen LogP contribution in [0.25, 0.3) is 99.8 Å². The second kappa shape index (κ2) is 13.4. The van der Waals surface area contributed by atoms with Crippen molar-refractivity contribution in [1.29, 1.82) is 0 Å². The molecular weight excluding hydrogens is 681 g/mol. The minimum atomic E-state index is 0.926. The van der Waals surface area contributed by atoms with Gasteiger partial charge in [0, 0.05) is 43.8 Å². The topological polar surface area (TPSA) is 51.6 Å². The first-order valence-corrected chi connectivity index (χ1v) is 19.1. The highest BCUT2D eigenvalue weighted by atomic mass is 14.8. The first kappa shape index (κ1) is 33.5. The molecule has 56 heavy (non-hydrogen) atoms. The minimum absolute atomic E-state index is 0.926. The molecule has 4 aromatic heterocycles. The molecule has 0 aliphatic carbocycles. The zero-order valence-corrected chi connectivity index (χ0v) is 31.8. The molecule has 0 N–H and O–H groups in total. The van der Waals surface area contributed by atoms with E-state index in [4.69, 9.17) is 19.9 Å². The van der Waals surface area contributed by atoms with Gasteiger partial charge >= 0.3 is 0 Å². The summed E-state index contributed by atoms with van der Waals surface area (Å²) in [6.07, 6.45) is 0. The molecule has 0 fully saturated rings. The Morgan fingerprint density at radius 3 is 0.946 bits per heavy atom. The van der Waals surface area contributed by atoms with Crippen molar-refractivity contribution in [2.24, 2.45) is 0 Å². The van der Waals surface area contributed by atoms with E-state index >= 15 is 0 Å². The van der Waals surface area contributed by atoms with E-state index in [-0.39, 0.29) is 0 Å². The summed E-state index contributed by atoms with van der Waals surface area (Å²) in [6, 6.07) is 55.4. The fourth-order valence-corrected chi connectivity index (χ4v) is 8.13. The fourth-order valence-electron chi connectivity index (χ4n) is 8.13. The molecule has 0 aliphatic heterocycles. The van der Waals surface area contributed by atoms with Gasteiger partial charge < -0.3 is 0 Å². The summed E-state index contributed by atoms with van der Waals surface area (Å²) >= 11 is 0. The third-order valence-electron chi connectivity index (χ3n) is 11.6. The van der Waals surface area contributed by atoms with E-state index < -0.39 is 0 Å². The number of aromatic nitrogens is 4. The normalized spacial score (nSPS) is 11.6. The maximum absolute atomic E-state index is 5.30. The molecule has 0 atom stereocenters. The number of hydrogen-bond donors (Lipinski definition) is 0. The van der Waals surface area contributed by atoms with Crippen LogP contribution in [0.4, 0.5) is 0 Å². The SMILES string of the molecule is Cc1c(C)c2ccc(-c3ccc(-c4cccc(-c5ccc6c(C)c(C)c7ccc(-c8ccccc8)nc7c6n5)c4)cc3)nc2c2nc(-c3ccccc3)ccc12. The zero-order valence-electron chi connectivity index (χ0n) is 31.8. The molecule has 0 bridgehead atoms. The summed E-state index contributed by atoms with van der Waals surface area (Å²) < 4.78 is 0. The minimum Gasteiger partial charge on any atom is -0.245 e. The third kappa shape index (κ3) is 5.61. The van der Waals surface area contributed by atoms with Gasteiger partial charge in [-0.3, -0.25) is 0 Å². The lowest BCUT2D eigenvalue weighted by Gasteiger charge is -2.14. The fraction of sp³-hybridized carbons (Fsp3) is 0.0769. The number of hydrogen-bond acceptors (Lipinski definition) is 4. The van der Waals surface area contributed by atoms with Crippen LogP contribution in [0.5, 0.6) is 0 Å². The smallest absolute Gasteiger partial charge is 0.0975 e. The number of benzene rings is 6. The number of rotatable bonds is 5. The maximum atomic E-state index is 5.30. The van der Waals surface area contributed by atoms with E-state index in [1.807, 2.05) is 12.1 Å². The van der Waals surface area contributed by atoms with Gasteiger partial charge in [-0.05, 0) is 91.4 Å². The van der Waals surface area contributed by atoms with Crippen molar-refractivity contribution in [3.05, 3.63) is 180 Å². The van der Waals surface area contributed by atoms with E-state index in [2.05, 4.69) is 173 Å². The molecule has 0 aliphatic rings. The van der Waals surface area contributed by atoms with Gasteiger partial charge in [-0.15, -0.1) is 0 Å². The van der Waals surface area contributed by atoms with E-state index in [0.717, 1.165) is 99.8 Å². The predicted molar refractivity (Wildman–Crippen MR) is 234 cm³/mol. The van der Waals surface area contributed by atoms with Gasteiger partial charge in [0.05, 0.1) is 44.8 Å². The zero-order chi connectivity index (χ0) is 37.9. The molecule has 4 heterocycles. The number of fused-ring (bicyclic) bond motifs is 6. The Hall–Kier alpha value is -7.04. The third-order valence-corrected chi connectivity index (χ3v) is 11.6. The van der Waals surface area contributed by atoms with Gasteiger partial charge in [0.25, 0.3) is 0 Å². The summed E-state index contributed by atoms with van der Waals surface area (Å²) in [4.78, 5) is 21.0. The number of aryl methyl sites for hydroxylation is 4. The van der Waals surface area contributed by atoms with E-state index in [0.29, 0.717) is 0 Å². The van der Waals surface area contributed by atoms with Gasteiger partial charge in [0.15, 0.2) is 0 Å². The summed E-state index contributed by atoms with van der Waals surface area (Å²) in [6.45, 7) is 8.73. The van der Waals surface area contributed by atoms with Crippen LogP contribution in [-0.4, -0.2) is 19.9 Å². The largest absolute Gasteiger partial charge is 0.245 e. The molecule has 266 valence electrons. The Labute approximate surface area is 326 Å². The lowest BCUT2D eigenvalue weighted by Crippen LogP contribution is -1.96. The second-order valence-electron chi connectivity index (χ2n) is 14.8. The van der Waals surface area contributed by atoms with Crippen LogP contribution in [0.3, 0.4) is 0 Å². The van der Waals surface area contributed by atoms with Crippen LogP contribution in [0, 0.1) is 27.7 Å². The van der Waals surface area contributed by atoms with Crippen molar-refractivity contribution < 1.29 is 0 Å². The Bertz CT molecular complexity index is 3150. The Kier molecular flexibility index (Phi) is 8.00. The molecule has 0 spiro atoms. The lowest BCUT2D eigenvalue weighted by atomic mass is 9.96. The first-order valence-electron chi connectivity index (χ1n) is 19.1. The van der Waals surface area contributed by atoms with Crippen LogP contribution < -0.4 is 0 Å². The van der Waals surface area contributed by atoms with Crippen molar-refractivity contribution in [3.63, 3.8) is 0 Å². The molecule has 6 aromatic carbocycles. The van der Waals surface area contributed by atoms with Crippen LogP contribution in [0.15, 0.2) is 158 Å². The highest BCUT2D eigenvalue weighted by Crippen LogP contribution is 2.36.